The summed E-state index contributed by atoms with van der Waals surface area (Å²) in [6.45, 7) is 1.66. The topological polar surface area (TPSA) is 46.2 Å². The summed E-state index contributed by atoms with van der Waals surface area (Å²) >= 11 is 0. The lowest BCUT2D eigenvalue weighted by molar-refractivity contribution is 0.530. The van der Waals surface area contributed by atoms with Crippen molar-refractivity contribution in [2.45, 2.75) is 25.8 Å². The van der Waals surface area contributed by atoms with E-state index in [2.05, 4.69) is 4.72 Å². The van der Waals surface area contributed by atoms with Crippen LogP contribution >= 0.6 is 0 Å². The van der Waals surface area contributed by atoms with Crippen LogP contribution in [-0.4, -0.2) is 14.2 Å². The molecule has 0 heterocycles. The van der Waals surface area contributed by atoms with E-state index in [0.29, 0.717) is 5.92 Å². The molecule has 0 spiro atoms. The Bertz CT molecular complexity index is 437. The zero-order chi connectivity index (χ0) is 11.6. The van der Waals surface area contributed by atoms with Gasteiger partial charge in [0.15, 0.2) is 0 Å². The quantitative estimate of drug-likeness (QED) is 0.855. The molecular formula is C12H17NO2S. The molecule has 0 radical (unpaired) electrons. The first kappa shape index (κ1) is 11.6. The van der Waals surface area contributed by atoms with Gasteiger partial charge in [0, 0.05) is 6.04 Å². The number of rotatable bonds is 5. The summed E-state index contributed by atoms with van der Waals surface area (Å²) in [5.74, 6) is 0.618. The second kappa shape index (κ2) is 4.55. The zero-order valence-electron chi connectivity index (χ0n) is 9.39. The molecule has 1 aromatic rings. The van der Waals surface area contributed by atoms with E-state index in [9.17, 15) is 8.42 Å². The maximum Gasteiger partial charge on any atom is 0.211 e. The molecule has 0 aliphatic heterocycles. The van der Waals surface area contributed by atoms with E-state index < -0.39 is 10.0 Å². The van der Waals surface area contributed by atoms with Crippen molar-refractivity contribution in [1.82, 2.24) is 4.72 Å². The molecule has 1 N–H and O–H groups in total. The van der Waals surface area contributed by atoms with Crippen molar-refractivity contribution in [1.29, 1.82) is 0 Å². The Morgan fingerprint density at radius 2 is 1.94 bits per heavy atom. The van der Waals surface area contributed by atoms with Gasteiger partial charge in [0.05, 0.1) is 5.75 Å². The zero-order valence-corrected chi connectivity index (χ0v) is 10.2. The van der Waals surface area contributed by atoms with Gasteiger partial charge in [-0.15, -0.1) is 0 Å². The van der Waals surface area contributed by atoms with Crippen LogP contribution in [0.3, 0.4) is 0 Å². The number of nitrogens with one attached hydrogen (secondary N) is 1. The van der Waals surface area contributed by atoms with E-state index in [1.807, 2.05) is 30.3 Å². The Morgan fingerprint density at radius 1 is 1.31 bits per heavy atom. The third kappa shape index (κ3) is 2.83. The van der Waals surface area contributed by atoms with Crippen LogP contribution in [0, 0.1) is 5.92 Å². The van der Waals surface area contributed by atoms with E-state index in [4.69, 9.17) is 0 Å². The molecule has 4 heteroatoms. The Kier molecular flexibility index (Phi) is 3.30. The van der Waals surface area contributed by atoms with Crippen LogP contribution in [0.2, 0.25) is 0 Å². The molecule has 1 aromatic carbocycles. The van der Waals surface area contributed by atoms with Crippen molar-refractivity contribution in [2.75, 3.05) is 5.75 Å². The van der Waals surface area contributed by atoms with Crippen molar-refractivity contribution >= 4 is 10.0 Å². The van der Waals surface area contributed by atoms with Gasteiger partial charge in [-0.25, -0.2) is 13.1 Å². The Balaban J connectivity index is 2.19. The third-order valence-electron chi connectivity index (χ3n) is 2.94. The van der Waals surface area contributed by atoms with Crippen LogP contribution in [0.5, 0.6) is 0 Å². The van der Waals surface area contributed by atoms with Gasteiger partial charge in [0.1, 0.15) is 0 Å². The standard InChI is InChI=1S/C12H17NO2S/c1-2-16(14,15)13-12(11-8-9-11)10-6-4-3-5-7-10/h3-7,11-13H,2,8-9H2,1H3/t12-/m1/s1. The molecule has 0 unspecified atom stereocenters. The van der Waals surface area contributed by atoms with Crippen molar-refractivity contribution in [3.8, 4) is 0 Å². The predicted octanol–water partition coefficient (Wildman–Crippen LogP) is 2.08. The summed E-state index contributed by atoms with van der Waals surface area (Å²) in [6, 6.07) is 9.78. The number of benzene rings is 1. The SMILES string of the molecule is CCS(=O)(=O)N[C@H](c1ccccc1)C1CC1. The minimum absolute atomic E-state index is 0.0360. The van der Waals surface area contributed by atoms with Crippen LogP contribution in [0.1, 0.15) is 31.4 Å². The second-order valence-electron chi connectivity index (χ2n) is 4.25. The average molecular weight is 239 g/mol. The van der Waals surface area contributed by atoms with Crippen LogP contribution in [0.4, 0.5) is 0 Å². The van der Waals surface area contributed by atoms with E-state index in [1.165, 1.54) is 0 Å². The van der Waals surface area contributed by atoms with Gasteiger partial charge in [0.25, 0.3) is 0 Å². The maximum absolute atomic E-state index is 11.6. The lowest BCUT2D eigenvalue weighted by Crippen LogP contribution is -2.31. The number of hydrogen-bond donors (Lipinski definition) is 1. The largest absolute Gasteiger partial charge is 0.212 e. The van der Waals surface area contributed by atoms with E-state index in [1.54, 1.807) is 6.92 Å². The van der Waals surface area contributed by atoms with Gasteiger partial charge >= 0.3 is 0 Å². The monoisotopic (exact) mass is 239 g/mol. The highest BCUT2D eigenvalue weighted by Crippen LogP contribution is 2.41. The fourth-order valence-corrected chi connectivity index (χ4v) is 2.69. The molecule has 1 atom stereocenters. The first-order chi connectivity index (χ1) is 7.62. The number of sulfonamides is 1. The third-order valence-corrected chi connectivity index (χ3v) is 4.31. The minimum atomic E-state index is -3.12. The smallest absolute Gasteiger partial charge is 0.211 e. The number of hydrogen-bond acceptors (Lipinski definition) is 2. The van der Waals surface area contributed by atoms with Crippen molar-refractivity contribution < 1.29 is 8.42 Å². The van der Waals surface area contributed by atoms with Crippen molar-refractivity contribution in [3.05, 3.63) is 35.9 Å². The molecule has 0 saturated heterocycles. The van der Waals surface area contributed by atoms with Crippen LogP contribution in [0.15, 0.2) is 30.3 Å². The van der Waals surface area contributed by atoms with Gasteiger partial charge in [0.2, 0.25) is 10.0 Å². The molecule has 0 bridgehead atoms. The Morgan fingerprint density at radius 3 is 2.44 bits per heavy atom. The molecule has 1 aliphatic rings. The molecule has 1 saturated carbocycles. The molecule has 2 rings (SSSR count). The maximum atomic E-state index is 11.6. The van der Waals surface area contributed by atoms with Gasteiger partial charge < -0.3 is 0 Å². The van der Waals surface area contributed by atoms with Crippen LogP contribution < -0.4 is 4.72 Å². The molecule has 1 fully saturated rings. The first-order valence-corrected chi connectivity index (χ1v) is 7.32. The highest BCUT2D eigenvalue weighted by Gasteiger charge is 2.34. The molecular weight excluding hydrogens is 222 g/mol. The average Bonchev–Trinajstić information content (AvgIpc) is 3.11. The highest BCUT2D eigenvalue weighted by atomic mass is 32.2. The Labute approximate surface area is 96.9 Å². The summed E-state index contributed by atoms with van der Waals surface area (Å²) in [4.78, 5) is 0. The molecule has 3 nitrogen and oxygen atoms in total. The van der Waals surface area contributed by atoms with Gasteiger partial charge in [-0.1, -0.05) is 30.3 Å². The molecule has 16 heavy (non-hydrogen) atoms. The summed E-state index contributed by atoms with van der Waals surface area (Å²) in [5.41, 5.74) is 1.07. The molecule has 88 valence electrons. The molecule has 0 amide bonds. The summed E-state index contributed by atoms with van der Waals surface area (Å²) in [5, 5.41) is 0. The lowest BCUT2D eigenvalue weighted by Gasteiger charge is -2.18. The normalized spacial score (nSPS) is 18.3. The fourth-order valence-electron chi connectivity index (χ4n) is 1.80. The van der Waals surface area contributed by atoms with Crippen molar-refractivity contribution in [2.24, 2.45) is 5.92 Å². The van der Waals surface area contributed by atoms with Gasteiger partial charge in [-0.2, -0.15) is 0 Å². The Hall–Kier alpha value is -0.870. The van der Waals surface area contributed by atoms with E-state index in [-0.39, 0.29) is 11.8 Å². The van der Waals surface area contributed by atoms with E-state index in [0.717, 1.165) is 18.4 Å². The van der Waals surface area contributed by atoms with Crippen LogP contribution in [0.25, 0.3) is 0 Å². The fraction of sp³-hybridized carbons (Fsp3) is 0.500. The molecule has 1 aliphatic carbocycles. The first-order valence-electron chi connectivity index (χ1n) is 5.67. The summed E-state index contributed by atoms with van der Waals surface area (Å²) < 4.78 is 26.0. The van der Waals surface area contributed by atoms with Gasteiger partial charge in [-0.3, -0.25) is 0 Å². The highest BCUT2D eigenvalue weighted by molar-refractivity contribution is 7.89. The van der Waals surface area contributed by atoms with E-state index >= 15 is 0 Å². The summed E-state index contributed by atoms with van der Waals surface area (Å²) in [6.07, 6.45) is 2.23. The molecule has 0 aromatic heterocycles. The van der Waals surface area contributed by atoms with Crippen molar-refractivity contribution in [3.63, 3.8) is 0 Å². The van der Waals surface area contributed by atoms with Crippen LogP contribution in [-0.2, 0) is 10.0 Å². The lowest BCUT2D eigenvalue weighted by atomic mass is 10.0. The minimum Gasteiger partial charge on any atom is -0.212 e. The predicted molar refractivity (Wildman–Crippen MR) is 64.5 cm³/mol. The summed E-state index contributed by atoms with van der Waals surface area (Å²) in [7, 11) is -3.12. The van der Waals surface area contributed by atoms with Gasteiger partial charge in [-0.05, 0) is 31.2 Å². The second-order valence-corrected chi connectivity index (χ2v) is 6.29.